The maximum absolute atomic E-state index is 14.3. The first kappa shape index (κ1) is 50.8. The monoisotopic (exact) mass is 1010 g/mol. The molecule has 1 aliphatic heterocycles. The molecule has 15 nitrogen and oxygen atoms in total. The van der Waals surface area contributed by atoms with Gasteiger partial charge in [0.05, 0.1) is 31.9 Å². The van der Waals surface area contributed by atoms with Crippen LogP contribution in [-0.2, 0) is 45.2 Å². The standard InChI is InChI=1S/C15H12BrClF4N2O2.C14H13ClFN3O3S2.C5H12NO4P/c1-6(2)25-14(24)7-4-8(10(18)5-9(7)17)12-11(16)13(15(19,20)21)23(3)22-12;15-8-5-9(16)10(6-11(8)23-7-12(20)21)17-13-18-3-1-2-4-19(18)14(22)24-13;1-11(9,10)3-2-4(6)5(7)8/h4-6H,1-3H3;5-6H,1-4,7H2,(H,20,21);4H,2-3,6H2,1H3,(H,7,8)(H,9,10). The number of aliphatic carboxylic acids is 2. The summed E-state index contributed by atoms with van der Waals surface area (Å²) in [6, 6.07) is 3.35. The topological polar surface area (TPSA) is 221 Å². The van der Waals surface area contributed by atoms with Crippen molar-refractivity contribution in [2.75, 3.05) is 18.6 Å². The van der Waals surface area contributed by atoms with Gasteiger partial charge >= 0.3 is 29.0 Å². The van der Waals surface area contributed by atoms with Crippen LogP contribution in [0.25, 0.3) is 11.3 Å². The quantitative estimate of drug-likeness (QED) is 0.0493. The molecule has 330 valence electrons. The Hall–Kier alpha value is -3.57. The van der Waals surface area contributed by atoms with Crippen LogP contribution in [0.1, 0.15) is 49.2 Å². The van der Waals surface area contributed by atoms with Crippen molar-refractivity contribution in [3.8, 4) is 11.3 Å². The number of halogens is 8. The van der Waals surface area contributed by atoms with E-state index in [4.69, 9.17) is 48.8 Å². The van der Waals surface area contributed by atoms with Gasteiger partial charge in [0.15, 0.2) is 13.1 Å². The SMILES string of the molecule is CC(C)OC(=O)c1cc(-c2nn(C)c(C(F)(F)F)c2Br)c(F)cc1Cl.CP(=O)(O)CCC(N)C(=O)O.O=C(O)CSc1cc(N=c2sc(=O)n3n2CCCC3)c(F)cc1Cl. The van der Waals surface area contributed by atoms with Gasteiger partial charge in [-0.25, -0.2) is 23.2 Å². The molecule has 0 bridgehead atoms. The van der Waals surface area contributed by atoms with Crippen LogP contribution < -0.4 is 15.4 Å². The number of nitrogens with two attached hydrogens (primary N) is 1. The molecule has 5 rings (SSSR count). The van der Waals surface area contributed by atoms with Gasteiger partial charge in [0.2, 0.25) is 4.80 Å². The number of carbonyl (C=O) groups excluding carboxylic acids is 1. The lowest BCUT2D eigenvalue weighted by Crippen LogP contribution is -2.31. The smallest absolute Gasteiger partial charge is 0.434 e. The highest BCUT2D eigenvalue weighted by atomic mass is 79.9. The molecule has 4 aromatic rings. The van der Waals surface area contributed by atoms with E-state index in [9.17, 15) is 45.7 Å². The van der Waals surface area contributed by atoms with E-state index in [2.05, 4.69) is 26.0 Å². The maximum atomic E-state index is 14.3. The number of fused-ring (bicyclic) bond motifs is 1. The van der Waals surface area contributed by atoms with Crippen LogP contribution in [-0.4, -0.2) is 82.9 Å². The zero-order valence-corrected chi connectivity index (χ0v) is 37.4. The summed E-state index contributed by atoms with van der Waals surface area (Å²) >= 11 is 16.6. The first-order valence-corrected chi connectivity index (χ1v) is 22.8. The largest absolute Gasteiger partial charge is 0.481 e. The van der Waals surface area contributed by atoms with Gasteiger partial charge in [-0.2, -0.15) is 18.3 Å². The summed E-state index contributed by atoms with van der Waals surface area (Å²) < 4.78 is 86.8. The van der Waals surface area contributed by atoms with E-state index in [1.807, 2.05) is 0 Å². The van der Waals surface area contributed by atoms with Crippen LogP contribution in [0.2, 0.25) is 10.0 Å². The minimum atomic E-state index is -4.69. The second-order valence-electron chi connectivity index (χ2n) is 13.0. The summed E-state index contributed by atoms with van der Waals surface area (Å²) in [5.41, 5.74) is 3.27. The number of alkyl halides is 3. The summed E-state index contributed by atoms with van der Waals surface area (Å²) in [5, 5.41) is 20.7. The van der Waals surface area contributed by atoms with E-state index in [1.165, 1.54) is 12.7 Å². The van der Waals surface area contributed by atoms with Crippen molar-refractivity contribution in [3.05, 3.63) is 76.1 Å². The number of ether oxygens (including phenoxy) is 1. The number of hydrogen-bond acceptors (Lipinski definition) is 11. The van der Waals surface area contributed by atoms with Crippen molar-refractivity contribution < 1.29 is 60.7 Å². The van der Waals surface area contributed by atoms with Crippen LogP contribution >= 0.6 is 69.6 Å². The Morgan fingerprint density at radius 2 is 1.68 bits per heavy atom. The molecule has 0 amide bonds. The van der Waals surface area contributed by atoms with E-state index < -0.39 is 65.4 Å². The number of esters is 1. The third-order valence-corrected chi connectivity index (χ3v) is 12.3. The fourth-order valence-corrected chi connectivity index (χ4v) is 8.65. The van der Waals surface area contributed by atoms with Crippen molar-refractivity contribution >= 4 is 93.2 Å². The molecule has 0 aliphatic carbocycles. The summed E-state index contributed by atoms with van der Waals surface area (Å²) in [4.78, 5) is 58.6. The number of aryl methyl sites for hydroxylation is 1. The third kappa shape index (κ3) is 14.2. The minimum Gasteiger partial charge on any atom is -0.481 e. The highest BCUT2D eigenvalue weighted by molar-refractivity contribution is 9.10. The van der Waals surface area contributed by atoms with Crippen LogP contribution in [0.15, 0.2) is 43.4 Å². The zero-order chi connectivity index (χ0) is 45.4. The molecular weight excluding hydrogens is 977 g/mol. The van der Waals surface area contributed by atoms with E-state index in [0.29, 0.717) is 27.5 Å². The summed E-state index contributed by atoms with van der Waals surface area (Å²) in [7, 11) is -2.02. The molecule has 60 heavy (non-hydrogen) atoms. The van der Waals surface area contributed by atoms with E-state index >= 15 is 0 Å². The molecule has 0 fully saturated rings. The molecule has 3 heterocycles. The number of aromatic nitrogens is 4. The van der Waals surface area contributed by atoms with Gasteiger partial charge in [-0.15, -0.1) is 11.8 Å². The Kier molecular flexibility index (Phi) is 18.2. The highest BCUT2D eigenvalue weighted by Gasteiger charge is 2.39. The lowest BCUT2D eigenvalue weighted by Gasteiger charge is -2.15. The van der Waals surface area contributed by atoms with Crippen molar-refractivity contribution in [3.63, 3.8) is 0 Å². The Morgan fingerprint density at radius 1 is 1.08 bits per heavy atom. The maximum Gasteiger partial charge on any atom is 0.434 e. The second kappa shape index (κ2) is 21.5. The summed E-state index contributed by atoms with van der Waals surface area (Å²) in [6.45, 7) is 5.70. The minimum absolute atomic E-state index is 0.0370. The number of rotatable bonds is 11. The fraction of sp³-hybridized carbons (Fsp3) is 0.412. The Bertz CT molecular complexity index is 2420. The van der Waals surface area contributed by atoms with Crippen LogP contribution in [0.3, 0.4) is 0 Å². The molecule has 0 radical (unpaired) electrons. The number of hydrogen-bond donors (Lipinski definition) is 4. The van der Waals surface area contributed by atoms with Crippen molar-refractivity contribution in [1.29, 1.82) is 0 Å². The third-order valence-electron chi connectivity index (χ3n) is 7.76. The molecule has 0 spiro atoms. The molecular formula is C34H37BrCl2F5N6O9PS2. The number of carbonyl (C=O) groups is 3. The average Bonchev–Trinajstić information content (AvgIpc) is 3.61. The lowest BCUT2D eigenvalue weighted by atomic mass is 10.1. The summed E-state index contributed by atoms with van der Waals surface area (Å²) in [5.74, 6) is -4.67. The predicted molar refractivity (Wildman–Crippen MR) is 219 cm³/mol. The number of benzene rings is 2. The van der Waals surface area contributed by atoms with Crippen LogP contribution in [0.5, 0.6) is 0 Å². The van der Waals surface area contributed by atoms with Gasteiger partial charge in [0.25, 0.3) is 0 Å². The zero-order valence-electron chi connectivity index (χ0n) is 31.8. The molecule has 2 aromatic heterocycles. The Morgan fingerprint density at radius 3 is 2.22 bits per heavy atom. The van der Waals surface area contributed by atoms with Gasteiger partial charge in [0, 0.05) is 43.4 Å². The molecule has 5 N–H and O–H groups in total. The number of carboxylic acid groups (broad SMARTS) is 2. The molecule has 2 atom stereocenters. The lowest BCUT2D eigenvalue weighted by molar-refractivity contribution is -0.144. The summed E-state index contributed by atoms with van der Waals surface area (Å²) in [6.07, 6.45) is -3.27. The molecule has 1 aliphatic rings. The van der Waals surface area contributed by atoms with E-state index in [-0.39, 0.29) is 55.8 Å². The van der Waals surface area contributed by atoms with E-state index in [1.54, 1.807) is 23.2 Å². The number of nitrogens with zero attached hydrogens (tertiary/aromatic N) is 5. The molecule has 0 saturated carbocycles. The van der Waals surface area contributed by atoms with Crippen molar-refractivity contribution in [2.24, 2.45) is 17.8 Å². The number of thioether (sulfide) groups is 1. The highest BCUT2D eigenvalue weighted by Crippen LogP contribution is 2.41. The van der Waals surface area contributed by atoms with Crippen LogP contribution in [0, 0.1) is 11.6 Å². The first-order valence-electron chi connectivity index (χ1n) is 17.2. The molecule has 2 unspecified atom stereocenters. The Labute approximate surface area is 364 Å². The van der Waals surface area contributed by atoms with Gasteiger partial charge < -0.3 is 25.6 Å². The van der Waals surface area contributed by atoms with Crippen LogP contribution in [0.4, 0.5) is 27.6 Å². The van der Waals surface area contributed by atoms with Crippen molar-refractivity contribution in [1.82, 2.24) is 19.1 Å². The molecule has 0 saturated heterocycles. The van der Waals surface area contributed by atoms with Gasteiger partial charge in [-0.05, 0) is 84.6 Å². The normalized spacial score (nSPS) is 14.3. The second-order valence-corrected chi connectivity index (χ2v) is 19.1. The molecule has 26 heteroatoms. The Balaban J connectivity index is 0.000000259. The molecule has 2 aromatic carbocycles. The first-order chi connectivity index (χ1) is 27.7. The fourth-order valence-electron chi connectivity index (χ4n) is 5.02. The van der Waals surface area contributed by atoms with Gasteiger partial charge in [-0.3, -0.25) is 28.3 Å². The average molecular weight is 1010 g/mol. The van der Waals surface area contributed by atoms with Gasteiger partial charge in [0.1, 0.15) is 29.1 Å². The van der Waals surface area contributed by atoms with Gasteiger partial charge in [-0.1, -0.05) is 23.2 Å². The van der Waals surface area contributed by atoms with Crippen molar-refractivity contribution in [2.45, 2.75) is 69.4 Å². The predicted octanol–water partition coefficient (Wildman–Crippen LogP) is 7.62. The number of carboxylic acids is 2. The van der Waals surface area contributed by atoms with E-state index in [0.717, 1.165) is 61.2 Å².